The van der Waals surface area contributed by atoms with E-state index in [2.05, 4.69) is 48.5 Å². The first-order valence-electron chi connectivity index (χ1n) is 8.91. The van der Waals surface area contributed by atoms with Gasteiger partial charge in [-0.25, -0.2) is 0 Å². The number of unbranched alkanes of at least 4 members (excludes halogenated alkanes) is 2. The van der Waals surface area contributed by atoms with E-state index in [1.54, 1.807) is 0 Å². The number of para-hydroxylation sites is 1. The van der Waals surface area contributed by atoms with Crippen LogP contribution in [0.2, 0.25) is 0 Å². The zero-order valence-corrected chi connectivity index (χ0v) is 14.3. The highest BCUT2D eigenvalue weighted by molar-refractivity contribution is 5.33. The second kappa shape index (κ2) is 9.86. The zero-order chi connectivity index (χ0) is 15.6. The fraction of sp³-hybridized carbons (Fsp3) is 0.684. The van der Waals surface area contributed by atoms with Crippen molar-refractivity contribution in [3.05, 3.63) is 29.8 Å². The van der Waals surface area contributed by atoms with Crippen LogP contribution in [0.3, 0.4) is 0 Å². The van der Waals surface area contributed by atoms with E-state index < -0.39 is 0 Å². The summed E-state index contributed by atoms with van der Waals surface area (Å²) in [5.74, 6) is 1.93. The Bertz CT molecular complexity index is 414. The molecule has 1 N–H and O–H groups in total. The molecule has 1 heterocycles. The van der Waals surface area contributed by atoms with Crippen molar-refractivity contribution in [2.24, 2.45) is 5.92 Å². The molecule has 3 nitrogen and oxygen atoms in total. The Morgan fingerprint density at radius 1 is 1.18 bits per heavy atom. The maximum Gasteiger partial charge on any atom is 0.123 e. The molecule has 1 aromatic rings. The van der Waals surface area contributed by atoms with Crippen molar-refractivity contribution < 1.29 is 4.74 Å². The van der Waals surface area contributed by atoms with Crippen molar-refractivity contribution in [2.45, 2.75) is 45.6 Å². The van der Waals surface area contributed by atoms with Crippen molar-refractivity contribution in [1.82, 2.24) is 10.2 Å². The molecule has 1 aromatic carbocycles. The van der Waals surface area contributed by atoms with E-state index in [0.717, 1.165) is 37.8 Å². The Morgan fingerprint density at radius 3 is 2.68 bits per heavy atom. The molecular weight excluding hydrogens is 272 g/mol. The third kappa shape index (κ3) is 5.62. The molecule has 1 aliphatic rings. The summed E-state index contributed by atoms with van der Waals surface area (Å²) in [5.41, 5.74) is 1.34. The number of likely N-dealkylation sites (tertiary alicyclic amines) is 1. The van der Waals surface area contributed by atoms with Crippen LogP contribution in [0.15, 0.2) is 24.3 Å². The van der Waals surface area contributed by atoms with E-state index in [9.17, 15) is 0 Å². The van der Waals surface area contributed by atoms with Crippen molar-refractivity contribution in [3.63, 3.8) is 0 Å². The Hall–Kier alpha value is -1.06. The molecule has 0 aromatic heterocycles. The first-order chi connectivity index (χ1) is 10.8. The molecule has 0 unspecified atom stereocenters. The first-order valence-corrected chi connectivity index (χ1v) is 8.91. The molecule has 1 fully saturated rings. The predicted molar refractivity (Wildman–Crippen MR) is 93.4 cm³/mol. The van der Waals surface area contributed by atoms with Gasteiger partial charge in [0, 0.05) is 12.1 Å². The van der Waals surface area contributed by atoms with Gasteiger partial charge in [-0.2, -0.15) is 0 Å². The molecule has 124 valence electrons. The molecule has 22 heavy (non-hydrogen) atoms. The normalized spacial score (nSPS) is 16.8. The van der Waals surface area contributed by atoms with E-state index in [1.807, 2.05) is 0 Å². The molecule has 3 heteroatoms. The highest BCUT2D eigenvalue weighted by atomic mass is 16.5. The Kier molecular flexibility index (Phi) is 7.75. The van der Waals surface area contributed by atoms with Crippen molar-refractivity contribution in [2.75, 3.05) is 33.3 Å². The van der Waals surface area contributed by atoms with Gasteiger partial charge in [0.15, 0.2) is 0 Å². The summed E-state index contributed by atoms with van der Waals surface area (Å²) in [7, 11) is 2.05. The largest absolute Gasteiger partial charge is 0.493 e. The monoisotopic (exact) mass is 304 g/mol. The lowest BCUT2D eigenvalue weighted by molar-refractivity contribution is 0.174. The fourth-order valence-corrected chi connectivity index (χ4v) is 3.19. The van der Waals surface area contributed by atoms with Gasteiger partial charge in [0.1, 0.15) is 5.75 Å². The minimum Gasteiger partial charge on any atom is -0.493 e. The number of hydrogen-bond acceptors (Lipinski definition) is 3. The third-order valence-electron chi connectivity index (χ3n) is 4.57. The first kappa shape index (κ1) is 17.3. The average molecular weight is 304 g/mol. The van der Waals surface area contributed by atoms with E-state index >= 15 is 0 Å². The number of hydrogen-bond donors (Lipinski definition) is 1. The van der Waals surface area contributed by atoms with Crippen molar-refractivity contribution >= 4 is 0 Å². The van der Waals surface area contributed by atoms with E-state index in [1.165, 1.54) is 44.3 Å². The van der Waals surface area contributed by atoms with Crippen molar-refractivity contribution in [1.29, 1.82) is 0 Å². The number of benzene rings is 1. The van der Waals surface area contributed by atoms with E-state index in [-0.39, 0.29) is 0 Å². The van der Waals surface area contributed by atoms with Gasteiger partial charge in [0.2, 0.25) is 0 Å². The third-order valence-corrected chi connectivity index (χ3v) is 4.57. The molecule has 0 saturated carbocycles. The molecule has 0 atom stereocenters. The average Bonchev–Trinajstić information content (AvgIpc) is 2.55. The lowest BCUT2D eigenvalue weighted by Gasteiger charge is -2.32. The second-order valence-corrected chi connectivity index (χ2v) is 6.44. The molecule has 0 aliphatic carbocycles. The van der Waals surface area contributed by atoms with E-state index in [0.29, 0.717) is 0 Å². The summed E-state index contributed by atoms with van der Waals surface area (Å²) in [4.78, 5) is 2.57. The fourth-order valence-electron chi connectivity index (χ4n) is 3.19. The summed E-state index contributed by atoms with van der Waals surface area (Å²) in [5, 5.41) is 3.31. The van der Waals surface area contributed by atoms with Gasteiger partial charge < -0.3 is 10.1 Å². The van der Waals surface area contributed by atoms with Crippen LogP contribution in [0.25, 0.3) is 0 Å². The summed E-state index contributed by atoms with van der Waals surface area (Å²) >= 11 is 0. The van der Waals surface area contributed by atoms with Gasteiger partial charge >= 0.3 is 0 Å². The molecule has 1 aliphatic heterocycles. The van der Waals surface area contributed by atoms with E-state index in [4.69, 9.17) is 4.74 Å². The summed E-state index contributed by atoms with van der Waals surface area (Å²) in [6.45, 7) is 7.66. The SMILES string of the molecule is CCCCCOc1ccccc1CN1CCC(CNC)CC1. The van der Waals surface area contributed by atoms with Gasteiger partial charge in [0.25, 0.3) is 0 Å². The molecule has 1 saturated heterocycles. The highest BCUT2D eigenvalue weighted by Crippen LogP contribution is 2.23. The number of nitrogens with one attached hydrogen (secondary N) is 1. The molecule has 0 bridgehead atoms. The van der Waals surface area contributed by atoms with Crippen LogP contribution < -0.4 is 10.1 Å². The standard InChI is InChI=1S/C19H32N2O/c1-3-4-7-14-22-19-9-6-5-8-18(19)16-21-12-10-17(11-13-21)15-20-2/h5-6,8-9,17,20H,3-4,7,10-16H2,1-2H3. The van der Waals surface area contributed by atoms with Crippen LogP contribution in [0, 0.1) is 5.92 Å². The lowest BCUT2D eigenvalue weighted by Crippen LogP contribution is -2.36. The summed E-state index contributed by atoms with van der Waals surface area (Å²) in [6.07, 6.45) is 6.26. The Labute approximate surface area is 136 Å². The maximum absolute atomic E-state index is 6.00. The van der Waals surface area contributed by atoms with Crippen LogP contribution in [-0.4, -0.2) is 38.2 Å². The van der Waals surface area contributed by atoms with Gasteiger partial charge in [-0.1, -0.05) is 38.0 Å². The number of ether oxygens (including phenoxy) is 1. The minimum absolute atomic E-state index is 0.842. The quantitative estimate of drug-likeness (QED) is 0.704. The zero-order valence-electron chi connectivity index (χ0n) is 14.3. The minimum atomic E-state index is 0.842. The van der Waals surface area contributed by atoms with Crippen LogP contribution in [0.4, 0.5) is 0 Å². The Balaban J connectivity index is 1.82. The molecule has 2 rings (SSSR count). The topological polar surface area (TPSA) is 24.5 Å². The molecule has 0 spiro atoms. The van der Waals surface area contributed by atoms with Gasteiger partial charge in [-0.15, -0.1) is 0 Å². The highest BCUT2D eigenvalue weighted by Gasteiger charge is 2.19. The summed E-state index contributed by atoms with van der Waals surface area (Å²) in [6, 6.07) is 8.55. The van der Waals surface area contributed by atoms with Gasteiger partial charge in [-0.05, 0) is 57.9 Å². The molecular formula is C19H32N2O. The number of nitrogens with zero attached hydrogens (tertiary/aromatic N) is 1. The van der Waals surface area contributed by atoms with Crippen LogP contribution >= 0.6 is 0 Å². The Morgan fingerprint density at radius 2 is 1.95 bits per heavy atom. The smallest absolute Gasteiger partial charge is 0.123 e. The maximum atomic E-state index is 6.00. The van der Waals surface area contributed by atoms with Crippen LogP contribution in [-0.2, 0) is 6.54 Å². The van der Waals surface area contributed by atoms with Gasteiger partial charge in [0.05, 0.1) is 6.61 Å². The van der Waals surface area contributed by atoms with Crippen molar-refractivity contribution in [3.8, 4) is 5.75 Å². The molecule has 0 amide bonds. The summed E-state index contributed by atoms with van der Waals surface area (Å²) < 4.78 is 6.00. The number of rotatable bonds is 9. The van der Waals surface area contributed by atoms with Crippen LogP contribution in [0.1, 0.15) is 44.6 Å². The lowest BCUT2D eigenvalue weighted by atomic mass is 9.96. The van der Waals surface area contributed by atoms with Crippen LogP contribution in [0.5, 0.6) is 5.75 Å². The molecule has 0 radical (unpaired) electrons. The predicted octanol–water partition coefficient (Wildman–Crippen LogP) is 3.69. The van der Waals surface area contributed by atoms with Gasteiger partial charge in [-0.3, -0.25) is 4.90 Å². The second-order valence-electron chi connectivity index (χ2n) is 6.44. The number of piperidine rings is 1.